The molecule has 3 heterocycles. The minimum Gasteiger partial charge on any atom is -0.359 e. The number of nitrogens with zero attached hydrogens (tertiary/aromatic N) is 1. The van der Waals surface area contributed by atoms with Crippen LogP contribution in [0.2, 0.25) is 5.02 Å². The Morgan fingerprint density at radius 1 is 1.12 bits per heavy atom. The van der Waals surface area contributed by atoms with Gasteiger partial charge in [0, 0.05) is 18.3 Å². The summed E-state index contributed by atoms with van der Waals surface area (Å²) in [4.78, 5) is 43.6. The molecule has 2 saturated heterocycles. The zero-order valence-corrected chi connectivity index (χ0v) is 24.2. The molecule has 41 heavy (non-hydrogen) atoms. The van der Waals surface area contributed by atoms with E-state index >= 15 is 0 Å². The van der Waals surface area contributed by atoms with E-state index in [0.29, 0.717) is 17.5 Å². The number of carbonyl (C=O) groups is 3. The lowest BCUT2D eigenvalue weighted by Crippen LogP contribution is -2.57. The molecule has 1 saturated carbocycles. The van der Waals surface area contributed by atoms with E-state index in [0.717, 1.165) is 30.4 Å². The molecule has 2 N–H and O–H groups in total. The van der Waals surface area contributed by atoms with Crippen LogP contribution in [0.15, 0.2) is 54.6 Å². The SMILES string of the molecule is Cc1ccc(CN2C(=O)[C@H]3C(C(=O)Nc4ccc(F)c(Cl)c4)[C@H]4C=CC3(O4)C2C(=O)NC2CCCC(C)C2C)cc1. The van der Waals surface area contributed by atoms with Crippen molar-refractivity contribution in [1.29, 1.82) is 0 Å². The van der Waals surface area contributed by atoms with Crippen molar-refractivity contribution in [2.75, 3.05) is 5.32 Å². The summed E-state index contributed by atoms with van der Waals surface area (Å²) in [5, 5.41) is 5.94. The van der Waals surface area contributed by atoms with Gasteiger partial charge in [-0.3, -0.25) is 14.4 Å². The number of likely N-dealkylation sites (tertiary alicyclic amines) is 1. The quantitative estimate of drug-likeness (QED) is 0.471. The number of halogens is 2. The fourth-order valence-electron chi connectivity index (χ4n) is 7.17. The lowest BCUT2D eigenvalue weighted by molar-refractivity contribution is -0.142. The molecule has 2 aromatic carbocycles. The van der Waals surface area contributed by atoms with E-state index in [1.807, 2.05) is 37.3 Å². The molecule has 0 aromatic heterocycles. The molecule has 4 aliphatic rings. The van der Waals surface area contributed by atoms with Crippen LogP contribution >= 0.6 is 11.6 Å². The van der Waals surface area contributed by atoms with Crippen molar-refractivity contribution in [3.8, 4) is 0 Å². The largest absolute Gasteiger partial charge is 0.359 e. The fraction of sp³-hybridized carbons (Fsp3) is 0.469. The smallest absolute Gasteiger partial charge is 0.246 e. The molecule has 3 fully saturated rings. The second-order valence-electron chi connectivity index (χ2n) is 12.2. The second-order valence-corrected chi connectivity index (χ2v) is 12.6. The van der Waals surface area contributed by atoms with Crippen LogP contribution < -0.4 is 10.6 Å². The van der Waals surface area contributed by atoms with Crippen molar-refractivity contribution >= 4 is 35.0 Å². The van der Waals surface area contributed by atoms with Crippen molar-refractivity contribution in [3.05, 3.63) is 76.6 Å². The van der Waals surface area contributed by atoms with Crippen LogP contribution in [0.3, 0.4) is 0 Å². The van der Waals surface area contributed by atoms with Gasteiger partial charge in [-0.2, -0.15) is 0 Å². The van der Waals surface area contributed by atoms with E-state index in [9.17, 15) is 18.8 Å². The van der Waals surface area contributed by atoms with Crippen molar-refractivity contribution in [1.82, 2.24) is 10.2 Å². The molecule has 3 aliphatic heterocycles. The van der Waals surface area contributed by atoms with Gasteiger partial charge in [0.25, 0.3) is 0 Å². The minimum absolute atomic E-state index is 0.00271. The Morgan fingerprint density at radius 2 is 1.88 bits per heavy atom. The van der Waals surface area contributed by atoms with Gasteiger partial charge in [-0.15, -0.1) is 0 Å². The van der Waals surface area contributed by atoms with Gasteiger partial charge in [0.15, 0.2) is 0 Å². The summed E-state index contributed by atoms with van der Waals surface area (Å²) < 4.78 is 20.1. The van der Waals surface area contributed by atoms with Crippen molar-refractivity contribution in [2.45, 2.75) is 70.4 Å². The Balaban J connectivity index is 1.32. The second kappa shape index (κ2) is 10.6. The lowest BCUT2D eigenvalue weighted by Gasteiger charge is -2.38. The van der Waals surface area contributed by atoms with Gasteiger partial charge in [-0.05, 0) is 48.9 Å². The third-order valence-electron chi connectivity index (χ3n) is 9.62. The number of benzene rings is 2. The summed E-state index contributed by atoms with van der Waals surface area (Å²) in [6.07, 6.45) is 5.99. The fourth-order valence-corrected chi connectivity index (χ4v) is 7.36. The topological polar surface area (TPSA) is 87.7 Å². The highest BCUT2D eigenvalue weighted by atomic mass is 35.5. The predicted molar refractivity (Wildman–Crippen MR) is 153 cm³/mol. The first-order valence-electron chi connectivity index (χ1n) is 14.4. The summed E-state index contributed by atoms with van der Waals surface area (Å²) in [5.74, 6) is -2.52. The molecule has 8 atom stereocenters. The molecule has 2 bridgehead atoms. The maximum atomic E-state index is 14.2. The zero-order valence-electron chi connectivity index (χ0n) is 23.4. The number of fused-ring (bicyclic) bond motifs is 1. The Labute approximate surface area is 244 Å². The highest BCUT2D eigenvalue weighted by molar-refractivity contribution is 6.31. The molecule has 0 radical (unpaired) electrons. The Hall–Kier alpha value is -3.23. The normalized spacial score (nSPS) is 33.6. The number of nitrogens with one attached hydrogen (secondary N) is 2. The van der Waals surface area contributed by atoms with E-state index in [1.165, 1.54) is 18.2 Å². The molecule has 2 aromatic rings. The predicted octanol–water partition coefficient (Wildman–Crippen LogP) is 5.02. The highest BCUT2D eigenvalue weighted by Crippen LogP contribution is 2.55. The standard InChI is InChI=1S/C32H35ClFN3O4/c1-17-7-9-20(10-8-17)16-37-28(30(39)36-24-6-4-5-18(2)19(24)3)32-14-13-25(41-32)26(27(32)31(37)40)29(38)35-21-11-12-23(34)22(33)15-21/h7-15,18-19,24-28H,4-6,16H2,1-3H3,(H,35,38)(H,36,39)/t18?,19?,24?,25-,26?,27-,28?,32?/m1/s1. The summed E-state index contributed by atoms with van der Waals surface area (Å²) in [5.41, 5.74) is 1.04. The van der Waals surface area contributed by atoms with Gasteiger partial charge >= 0.3 is 0 Å². The van der Waals surface area contributed by atoms with E-state index in [1.54, 1.807) is 11.0 Å². The van der Waals surface area contributed by atoms with E-state index < -0.39 is 41.3 Å². The van der Waals surface area contributed by atoms with Crippen molar-refractivity contribution in [2.24, 2.45) is 23.7 Å². The molecule has 9 heteroatoms. The third kappa shape index (κ3) is 4.75. The molecule has 6 unspecified atom stereocenters. The first kappa shape index (κ1) is 27.9. The first-order chi connectivity index (χ1) is 19.6. The molecule has 1 aliphatic carbocycles. The number of rotatable bonds is 6. The molecule has 1 spiro atoms. The number of carbonyl (C=O) groups excluding carboxylic acids is 3. The average Bonchev–Trinajstić information content (AvgIpc) is 3.58. The van der Waals surface area contributed by atoms with Crippen LogP contribution in [0.1, 0.15) is 44.2 Å². The van der Waals surface area contributed by atoms with E-state index in [2.05, 4.69) is 24.5 Å². The summed E-state index contributed by atoms with van der Waals surface area (Å²) in [6.45, 7) is 6.59. The minimum atomic E-state index is -1.26. The monoisotopic (exact) mass is 579 g/mol. The number of aryl methyl sites for hydroxylation is 1. The number of anilines is 1. The molecule has 7 nitrogen and oxygen atoms in total. The summed E-state index contributed by atoms with van der Waals surface area (Å²) >= 11 is 5.92. The van der Waals surface area contributed by atoms with Gasteiger partial charge in [-0.25, -0.2) is 4.39 Å². The Kier molecular flexibility index (Phi) is 7.19. The first-order valence-corrected chi connectivity index (χ1v) is 14.8. The van der Waals surface area contributed by atoms with Crippen LogP contribution in [0.5, 0.6) is 0 Å². The van der Waals surface area contributed by atoms with Crippen LogP contribution in [0.25, 0.3) is 0 Å². The molecule has 216 valence electrons. The van der Waals surface area contributed by atoms with Gasteiger partial charge in [-0.1, -0.05) is 80.3 Å². The lowest BCUT2D eigenvalue weighted by atomic mass is 9.73. The van der Waals surface area contributed by atoms with Gasteiger partial charge < -0.3 is 20.3 Å². The molecule has 6 rings (SSSR count). The zero-order chi connectivity index (χ0) is 29.1. The highest BCUT2D eigenvalue weighted by Gasteiger charge is 2.72. The number of amides is 3. The molecule has 3 amide bonds. The maximum absolute atomic E-state index is 14.2. The average molecular weight is 580 g/mol. The van der Waals surface area contributed by atoms with Gasteiger partial charge in [0.2, 0.25) is 17.7 Å². The van der Waals surface area contributed by atoms with Crippen LogP contribution in [0, 0.1) is 36.4 Å². The van der Waals surface area contributed by atoms with Crippen molar-refractivity contribution in [3.63, 3.8) is 0 Å². The van der Waals surface area contributed by atoms with E-state index in [-0.39, 0.29) is 29.4 Å². The third-order valence-corrected chi connectivity index (χ3v) is 9.91. The Morgan fingerprint density at radius 3 is 2.61 bits per heavy atom. The van der Waals surface area contributed by atoms with Gasteiger partial charge in [0.1, 0.15) is 17.5 Å². The number of ether oxygens (including phenoxy) is 1. The number of hydrogen-bond acceptors (Lipinski definition) is 4. The van der Waals surface area contributed by atoms with Crippen LogP contribution in [-0.2, 0) is 25.7 Å². The van der Waals surface area contributed by atoms with Crippen molar-refractivity contribution < 1.29 is 23.5 Å². The van der Waals surface area contributed by atoms with Crippen LogP contribution in [-0.4, -0.2) is 46.4 Å². The van der Waals surface area contributed by atoms with Gasteiger partial charge in [0.05, 0.1) is 23.0 Å². The Bertz CT molecular complexity index is 1410. The maximum Gasteiger partial charge on any atom is 0.246 e. The molecular formula is C32H35ClFN3O4. The van der Waals surface area contributed by atoms with Crippen LogP contribution in [0.4, 0.5) is 10.1 Å². The summed E-state index contributed by atoms with van der Waals surface area (Å²) in [7, 11) is 0. The van der Waals surface area contributed by atoms with E-state index in [4.69, 9.17) is 16.3 Å². The molecular weight excluding hydrogens is 545 g/mol. The summed E-state index contributed by atoms with van der Waals surface area (Å²) in [6, 6.07) is 10.8. The number of hydrogen-bond donors (Lipinski definition) is 2.